The van der Waals surface area contributed by atoms with E-state index in [0.717, 1.165) is 15.9 Å². The molecular weight excluding hydrogens is 280 g/mol. The maximum Gasteiger partial charge on any atom is 0.132 e. The van der Waals surface area contributed by atoms with Gasteiger partial charge in [-0.2, -0.15) is 0 Å². The molecule has 0 atom stereocenters. The van der Waals surface area contributed by atoms with Gasteiger partial charge in [-0.05, 0) is 30.0 Å². The predicted octanol–water partition coefficient (Wildman–Crippen LogP) is 3.41. The van der Waals surface area contributed by atoms with E-state index in [1.807, 2.05) is 24.3 Å². The first-order chi connectivity index (χ1) is 9.22. The topological polar surface area (TPSA) is 64.7 Å². The average Bonchev–Trinajstić information content (AvgIpc) is 2.38. The maximum absolute atomic E-state index is 5.90. The molecule has 0 aliphatic carbocycles. The van der Waals surface area contributed by atoms with Crippen molar-refractivity contribution in [2.75, 3.05) is 5.73 Å². The van der Waals surface area contributed by atoms with Crippen LogP contribution in [0.15, 0.2) is 52.8 Å². The SMILES string of the molecule is Nc1cc(Cl)nc(Sc2ncnc3ccccc23)c1. The molecule has 0 radical (unpaired) electrons. The summed E-state index contributed by atoms with van der Waals surface area (Å²) < 4.78 is 0. The van der Waals surface area contributed by atoms with Gasteiger partial charge in [-0.3, -0.25) is 0 Å². The van der Waals surface area contributed by atoms with Crippen LogP contribution in [0.4, 0.5) is 5.69 Å². The van der Waals surface area contributed by atoms with Crippen molar-refractivity contribution < 1.29 is 0 Å². The van der Waals surface area contributed by atoms with Gasteiger partial charge in [0.15, 0.2) is 0 Å². The zero-order valence-electron chi connectivity index (χ0n) is 9.75. The summed E-state index contributed by atoms with van der Waals surface area (Å²) in [5.41, 5.74) is 7.24. The number of aromatic nitrogens is 3. The monoisotopic (exact) mass is 288 g/mol. The highest BCUT2D eigenvalue weighted by atomic mass is 35.5. The largest absolute Gasteiger partial charge is 0.399 e. The van der Waals surface area contributed by atoms with E-state index < -0.39 is 0 Å². The molecule has 0 saturated carbocycles. The van der Waals surface area contributed by atoms with Crippen LogP contribution in [-0.2, 0) is 0 Å². The Morgan fingerprint density at radius 2 is 1.95 bits per heavy atom. The fourth-order valence-electron chi connectivity index (χ4n) is 1.70. The van der Waals surface area contributed by atoms with E-state index in [1.165, 1.54) is 11.8 Å². The number of halogens is 1. The van der Waals surface area contributed by atoms with Crippen molar-refractivity contribution in [3.63, 3.8) is 0 Å². The van der Waals surface area contributed by atoms with E-state index in [0.29, 0.717) is 15.9 Å². The fourth-order valence-corrected chi connectivity index (χ4v) is 2.89. The lowest BCUT2D eigenvalue weighted by molar-refractivity contribution is 1.08. The number of anilines is 1. The molecular formula is C13H9ClN4S. The van der Waals surface area contributed by atoms with Crippen molar-refractivity contribution in [2.24, 2.45) is 0 Å². The van der Waals surface area contributed by atoms with Crippen LogP contribution in [0.2, 0.25) is 5.15 Å². The van der Waals surface area contributed by atoms with Gasteiger partial charge in [-0.25, -0.2) is 15.0 Å². The lowest BCUT2D eigenvalue weighted by Gasteiger charge is -2.05. The second kappa shape index (κ2) is 5.03. The minimum atomic E-state index is 0.376. The summed E-state index contributed by atoms with van der Waals surface area (Å²) in [6.45, 7) is 0. The third-order valence-electron chi connectivity index (χ3n) is 2.50. The summed E-state index contributed by atoms with van der Waals surface area (Å²) in [5, 5.41) is 2.91. The summed E-state index contributed by atoms with van der Waals surface area (Å²) >= 11 is 7.32. The van der Waals surface area contributed by atoms with E-state index >= 15 is 0 Å². The maximum atomic E-state index is 5.90. The molecule has 1 aromatic carbocycles. The number of hydrogen-bond donors (Lipinski definition) is 1. The summed E-state index contributed by atoms with van der Waals surface area (Å²) in [7, 11) is 0. The van der Waals surface area contributed by atoms with Gasteiger partial charge in [-0.15, -0.1) is 0 Å². The van der Waals surface area contributed by atoms with Crippen LogP contribution >= 0.6 is 23.4 Å². The van der Waals surface area contributed by atoms with Crippen LogP contribution in [0.25, 0.3) is 10.9 Å². The molecule has 0 unspecified atom stereocenters. The van der Waals surface area contributed by atoms with Gasteiger partial charge in [0.2, 0.25) is 0 Å². The number of benzene rings is 1. The van der Waals surface area contributed by atoms with Gasteiger partial charge in [0.05, 0.1) is 5.52 Å². The highest BCUT2D eigenvalue weighted by Gasteiger charge is 2.07. The standard InChI is InChI=1S/C13H9ClN4S/c14-11-5-8(15)6-12(18-11)19-13-9-3-1-2-4-10(9)16-7-17-13/h1-7H,(H2,15,18). The van der Waals surface area contributed by atoms with Crippen LogP contribution in [0, 0.1) is 0 Å². The smallest absolute Gasteiger partial charge is 0.132 e. The van der Waals surface area contributed by atoms with E-state index in [1.54, 1.807) is 18.5 Å². The zero-order chi connectivity index (χ0) is 13.2. The Labute approximate surface area is 119 Å². The van der Waals surface area contributed by atoms with E-state index in [-0.39, 0.29) is 0 Å². The molecule has 0 saturated heterocycles. The van der Waals surface area contributed by atoms with Crippen molar-refractivity contribution >= 4 is 40.0 Å². The molecule has 0 fully saturated rings. The summed E-state index contributed by atoms with van der Waals surface area (Å²) in [5.74, 6) is 0. The minimum Gasteiger partial charge on any atom is -0.399 e. The normalized spacial score (nSPS) is 10.8. The number of nitrogens with two attached hydrogens (primary N) is 1. The molecule has 2 aromatic heterocycles. The number of nitrogen functional groups attached to an aromatic ring is 1. The Morgan fingerprint density at radius 1 is 1.11 bits per heavy atom. The van der Waals surface area contributed by atoms with Gasteiger partial charge in [0, 0.05) is 11.1 Å². The number of hydrogen-bond acceptors (Lipinski definition) is 5. The number of fused-ring (bicyclic) bond motifs is 1. The zero-order valence-corrected chi connectivity index (χ0v) is 11.3. The lowest BCUT2D eigenvalue weighted by Crippen LogP contribution is -1.91. The van der Waals surface area contributed by atoms with E-state index in [4.69, 9.17) is 17.3 Å². The van der Waals surface area contributed by atoms with Crippen LogP contribution < -0.4 is 5.73 Å². The first-order valence-corrected chi connectivity index (χ1v) is 6.72. The highest BCUT2D eigenvalue weighted by molar-refractivity contribution is 7.99. The van der Waals surface area contributed by atoms with Crippen molar-refractivity contribution in [3.05, 3.63) is 47.9 Å². The van der Waals surface area contributed by atoms with Gasteiger partial charge in [-0.1, -0.05) is 29.8 Å². The van der Waals surface area contributed by atoms with Crippen LogP contribution in [0.5, 0.6) is 0 Å². The van der Waals surface area contributed by atoms with Gasteiger partial charge in [0.1, 0.15) is 21.5 Å². The fraction of sp³-hybridized carbons (Fsp3) is 0. The van der Waals surface area contributed by atoms with Gasteiger partial charge >= 0.3 is 0 Å². The Hall–Kier alpha value is -1.85. The molecule has 94 valence electrons. The highest BCUT2D eigenvalue weighted by Crippen LogP contribution is 2.31. The Bertz CT molecular complexity index is 722. The molecule has 0 amide bonds. The number of rotatable bonds is 2. The lowest BCUT2D eigenvalue weighted by atomic mass is 10.2. The van der Waals surface area contributed by atoms with Crippen molar-refractivity contribution in [1.82, 2.24) is 15.0 Å². The number of nitrogens with zero attached hydrogens (tertiary/aromatic N) is 3. The average molecular weight is 289 g/mol. The first kappa shape index (κ1) is 12.2. The van der Waals surface area contributed by atoms with Crippen LogP contribution in [0.3, 0.4) is 0 Å². The molecule has 2 N–H and O–H groups in total. The molecule has 0 spiro atoms. The molecule has 19 heavy (non-hydrogen) atoms. The quantitative estimate of drug-likeness (QED) is 0.578. The third-order valence-corrected chi connectivity index (χ3v) is 3.63. The Balaban J connectivity index is 2.05. The Morgan fingerprint density at radius 3 is 2.79 bits per heavy atom. The predicted molar refractivity (Wildman–Crippen MR) is 77.3 cm³/mol. The second-order valence-electron chi connectivity index (χ2n) is 3.86. The van der Waals surface area contributed by atoms with Crippen molar-refractivity contribution in [2.45, 2.75) is 10.1 Å². The minimum absolute atomic E-state index is 0.376. The molecule has 3 rings (SSSR count). The van der Waals surface area contributed by atoms with Gasteiger partial charge < -0.3 is 5.73 Å². The molecule has 6 heteroatoms. The van der Waals surface area contributed by atoms with Crippen LogP contribution in [-0.4, -0.2) is 15.0 Å². The molecule has 0 aliphatic heterocycles. The number of pyridine rings is 1. The van der Waals surface area contributed by atoms with Crippen LogP contribution in [0.1, 0.15) is 0 Å². The van der Waals surface area contributed by atoms with E-state index in [2.05, 4.69) is 15.0 Å². The van der Waals surface area contributed by atoms with Crippen molar-refractivity contribution in [1.29, 1.82) is 0 Å². The first-order valence-electron chi connectivity index (χ1n) is 5.53. The number of para-hydroxylation sites is 1. The second-order valence-corrected chi connectivity index (χ2v) is 5.26. The molecule has 0 aliphatic rings. The summed E-state index contributed by atoms with van der Waals surface area (Å²) in [4.78, 5) is 12.7. The molecule has 0 bridgehead atoms. The summed E-state index contributed by atoms with van der Waals surface area (Å²) in [6.07, 6.45) is 1.54. The van der Waals surface area contributed by atoms with Crippen molar-refractivity contribution in [3.8, 4) is 0 Å². The molecule has 2 heterocycles. The Kier molecular flexibility index (Phi) is 3.23. The van der Waals surface area contributed by atoms with Gasteiger partial charge in [0.25, 0.3) is 0 Å². The molecule has 3 aromatic rings. The molecule has 4 nitrogen and oxygen atoms in total. The van der Waals surface area contributed by atoms with E-state index in [9.17, 15) is 0 Å². The third kappa shape index (κ3) is 2.62. The summed E-state index contributed by atoms with van der Waals surface area (Å²) in [6, 6.07) is 11.2.